The molecule has 0 unspecified atom stereocenters. The Bertz CT molecular complexity index is 1140. The largest absolute Gasteiger partial charge is 0.465 e. The number of amides is 1. The van der Waals surface area contributed by atoms with Crippen molar-refractivity contribution in [2.75, 3.05) is 12.4 Å². The number of nitro groups is 1. The molecule has 1 N–H and O–H groups in total. The Balaban J connectivity index is 1.87. The number of benzene rings is 2. The van der Waals surface area contributed by atoms with Gasteiger partial charge in [-0.3, -0.25) is 19.6 Å². The minimum absolute atomic E-state index is 0.161. The molecule has 1 amide bonds. The average Bonchev–Trinajstić information content (AvgIpc) is 3.01. The van der Waals surface area contributed by atoms with Crippen LogP contribution in [0, 0.1) is 24.0 Å². The predicted octanol–water partition coefficient (Wildman–Crippen LogP) is 3.50. The number of hydrogen-bond donors (Lipinski definition) is 1. The maximum absolute atomic E-state index is 12.6. The van der Waals surface area contributed by atoms with Crippen molar-refractivity contribution in [3.05, 3.63) is 86.7 Å². The minimum Gasteiger partial charge on any atom is -0.465 e. The number of ether oxygens (including phenoxy) is 1. The molecule has 0 atom stereocenters. The lowest BCUT2D eigenvalue weighted by Crippen LogP contribution is -2.14. The van der Waals surface area contributed by atoms with Crippen molar-refractivity contribution in [3.63, 3.8) is 0 Å². The van der Waals surface area contributed by atoms with Gasteiger partial charge in [0.25, 0.3) is 11.6 Å². The van der Waals surface area contributed by atoms with Crippen molar-refractivity contribution in [2.45, 2.75) is 20.4 Å². The summed E-state index contributed by atoms with van der Waals surface area (Å²) in [5.74, 6) is -0.911. The van der Waals surface area contributed by atoms with E-state index < -0.39 is 16.8 Å². The second kappa shape index (κ2) is 8.56. The summed E-state index contributed by atoms with van der Waals surface area (Å²) < 4.78 is 6.51. The number of nitro benzene ring substituents is 1. The lowest BCUT2D eigenvalue weighted by atomic mass is 10.1. The summed E-state index contributed by atoms with van der Waals surface area (Å²) in [6.07, 6.45) is 0. The first-order chi connectivity index (χ1) is 14.3. The van der Waals surface area contributed by atoms with Gasteiger partial charge in [-0.1, -0.05) is 24.3 Å². The van der Waals surface area contributed by atoms with Crippen LogP contribution in [0.5, 0.6) is 0 Å². The zero-order chi connectivity index (χ0) is 21.8. The van der Waals surface area contributed by atoms with Crippen LogP contribution in [0.1, 0.15) is 37.7 Å². The molecule has 0 saturated heterocycles. The highest BCUT2D eigenvalue weighted by Gasteiger charge is 2.19. The highest BCUT2D eigenvalue weighted by atomic mass is 16.6. The van der Waals surface area contributed by atoms with Gasteiger partial charge < -0.3 is 10.1 Å². The number of anilines is 1. The average molecular weight is 408 g/mol. The molecule has 0 aliphatic carbocycles. The zero-order valence-electron chi connectivity index (χ0n) is 16.7. The number of non-ortho nitro benzene ring substituents is 1. The molecule has 1 heterocycles. The Kier molecular flexibility index (Phi) is 5.91. The predicted molar refractivity (Wildman–Crippen MR) is 110 cm³/mol. The Morgan fingerprint density at radius 2 is 1.90 bits per heavy atom. The Hall–Kier alpha value is -4.01. The number of rotatable bonds is 6. The van der Waals surface area contributed by atoms with Gasteiger partial charge in [0.15, 0.2) is 0 Å². The van der Waals surface area contributed by atoms with Crippen LogP contribution in [-0.2, 0) is 11.3 Å². The monoisotopic (exact) mass is 408 g/mol. The maximum atomic E-state index is 12.6. The fourth-order valence-electron chi connectivity index (χ4n) is 3.11. The van der Waals surface area contributed by atoms with E-state index in [-0.39, 0.29) is 11.3 Å². The topological polar surface area (TPSA) is 116 Å². The number of hydrogen-bond acceptors (Lipinski definition) is 6. The van der Waals surface area contributed by atoms with Gasteiger partial charge in [-0.15, -0.1) is 0 Å². The lowest BCUT2D eigenvalue weighted by molar-refractivity contribution is -0.384. The fraction of sp³-hybridized carbons (Fsp3) is 0.190. The quantitative estimate of drug-likeness (QED) is 0.379. The van der Waals surface area contributed by atoms with E-state index in [1.165, 1.54) is 31.4 Å². The Labute approximate surface area is 172 Å². The van der Waals surface area contributed by atoms with Gasteiger partial charge in [0, 0.05) is 17.7 Å². The second-order valence-electron chi connectivity index (χ2n) is 6.61. The standard InChI is InChI=1S/C21H20N4O5/c1-13-19(22-20(26)15-8-6-9-17(11-15)25(28)29)14(2)24(23-13)12-16-7-4-5-10-18(16)21(27)30-3/h4-11H,12H2,1-3H3,(H,22,26). The van der Waals surface area contributed by atoms with E-state index in [0.29, 0.717) is 29.2 Å². The number of aryl methyl sites for hydroxylation is 1. The molecule has 0 aliphatic rings. The molecule has 0 aliphatic heterocycles. The molecular weight excluding hydrogens is 388 g/mol. The summed E-state index contributed by atoms with van der Waals surface area (Å²) in [6.45, 7) is 3.85. The first-order valence-corrected chi connectivity index (χ1v) is 9.08. The molecule has 0 spiro atoms. The van der Waals surface area contributed by atoms with Gasteiger partial charge in [0.2, 0.25) is 0 Å². The van der Waals surface area contributed by atoms with Crippen molar-refractivity contribution < 1.29 is 19.2 Å². The molecular formula is C21H20N4O5. The number of methoxy groups -OCH3 is 1. The summed E-state index contributed by atoms with van der Waals surface area (Å²) in [6, 6.07) is 12.6. The Morgan fingerprint density at radius 1 is 1.17 bits per heavy atom. The van der Waals surface area contributed by atoms with E-state index in [9.17, 15) is 19.7 Å². The van der Waals surface area contributed by atoms with Crippen LogP contribution in [-0.4, -0.2) is 33.7 Å². The van der Waals surface area contributed by atoms with Crippen LogP contribution >= 0.6 is 0 Å². The smallest absolute Gasteiger partial charge is 0.338 e. The molecule has 0 saturated carbocycles. The molecule has 9 nitrogen and oxygen atoms in total. The SMILES string of the molecule is COC(=O)c1ccccc1Cn1nc(C)c(NC(=O)c2cccc([N+](=O)[O-])c2)c1C. The Morgan fingerprint density at radius 3 is 2.60 bits per heavy atom. The molecule has 30 heavy (non-hydrogen) atoms. The number of nitrogens with zero attached hydrogens (tertiary/aromatic N) is 3. The van der Waals surface area contributed by atoms with Crippen molar-refractivity contribution in [1.82, 2.24) is 9.78 Å². The van der Waals surface area contributed by atoms with E-state index in [1.54, 1.807) is 30.7 Å². The first kappa shape index (κ1) is 20.7. The highest BCUT2D eigenvalue weighted by Crippen LogP contribution is 2.23. The van der Waals surface area contributed by atoms with Gasteiger partial charge in [0.05, 0.1) is 41.2 Å². The molecule has 0 radical (unpaired) electrons. The van der Waals surface area contributed by atoms with Crippen LogP contribution in [0.4, 0.5) is 11.4 Å². The zero-order valence-corrected chi connectivity index (χ0v) is 16.7. The second-order valence-corrected chi connectivity index (χ2v) is 6.61. The molecule has 0 fully saturated rings. The summed E-state index contributed by atoms with van der Waals surface area (Å²) in [4.78, 5) is 35.0. The summed E-state index contributed by atoms with van der Waals surface area (Å²) >= 11 is 0. The van der Waals surface area contributed by atoms with E-state index >= 15 is 0 Å². The number of aromatic nitrogens is 2. The van der Waals surface area contributed by atoms with Crippen LogP contribution in [0.25, 0.3) is 0 Å². The van der Waals surface area contributed by atoms with E-state index in [0.717, 1.165) is 5.56 Å². The van der Waals surface area contributed by atoms with Crippen molar-refractivity contribution >= 4 is 23.3 Å². The first-order valence-electron chi connectivity index (χ1n) is 9.08. The number of esters is 1. The van der Waals surface area contributed by atoms with Crippen LogP contribution in [0.2, 0.25) is 0 Å². The normalized spacial score (nSPS) is 10.5. The number of carbonyl (C=O) groups excluding carboxylic acids is 2. The van der Waals surface area contributed by atoms with Gasteiger partial charge in [-0.2, -0.15) is 5.10 Å². The molecule has 3 aromatic rings. The van der Waals surface area contributed by atoms with E-state index in [2.05, 4.69) is 10.4 Å². The van der Waals surface area contributed by atoms with Gasteiger partial charge in [0.1, 0.15) is 0 Å². The number of nitrogens with one attached hydrogen (secondary N) is 1. The van der Waals surface area contributed by atoms with E-state index in [1.807, 2.05) is 12.1 Å². The third-order valence-electron chi connectivity index (χ3n) is 4.68. The molecule has 9 heteroatoms. The molecule has 154 valence electrons. The van der Waals surface area contributed by atoms with Gasteiger partial charge in [-0.25, -0.2) is 4.79 Å². The van der Waals surface area contributed by atoms with Gasteiger partial charge in [-0.05, 0) is 31.5 Å². The summed E-state index contributed by atoms with van der Waals surface area (Å²) in [7, 11) is 1.32. The highest BCUT2D eigenvalue weighted by molar-refractivity contribution is 6.05. The molecule has 3 rings (SSSR count). The van der Waals surface area contributed by atoms with E-state index in [4.69, 9.17) is 4.74 Å². The fourth-order valence-corrected chi connectivity index (χ4v) is 3.11. The lowest BCUT2D eigenvalue weighted by Gasteiger charge is -2.10. The van der Waals surface area contributed by atoms with Crippen LogP contribution < -0.4 is 5.32 Å². The molecule has 2 aromatic carbocycles. The number of carbonyl (C=O) groups is 2. The maximum Gasteiger partial charge on any atom is 0.338 e. The van der Waals surface area contributed by atoms with Crippen molar-refractivity contribution in [1.29, 1.82) is 0 Å². The van der Waals surface area contributed by atoms with Gasteiger partial charge >= 0.3 is 5.97 Å². The van der Waals surface area contributed by atoms with Crippen molar-refractivity contribution in [2.24, 2.45) is 0 Å². The van der Waals surface area contributed by atoms with Crippen LogP contribution in [0.3, 0.4) is 0 Å². The minimum atomic E-state index is -0.552. The third kappa shape index (κ3) is 4.19. The summed E-state index contributed by atoms with van der Waals surface area (Å²) in [5.41, 5.74) is 2.97. The molecule has 1 aromatic heterocycles. The third-order valence-corrected chi connectivity index (χ3v) is 4.68. The van der Waals surface area contributed by atoms with Crippen LogP contribution in [0.15, 0.2) is 48.5 Å². The summed E-state index contributed by atoms with van der Waals surface area (Å²) in [5, 5.41) is 18.2. The molecule has 0 bridgehead atoms. The van der Waals surface area contributed by atoms with Crippen molar-refractivity contribution in [3.8, 4) is 0 Å².